The van der Waals surface area contributed by atoms with Gasteiger partial charge in [-0.3, -0.25) is 4.79 Å². The lowest BCUT2D eigenvalue weighted by Gasteiger charge is -2.09. The van der Waals surface area contributed by atoms with Gasteiger partial charge in [-0.05, 0) is 25.0 Å². The molecular weight excluding hydrogens is 252 g/mol. The number of rotatable bonds is 8. The first-order valence-corrected chi connectivity index (χ1v) is 6.30. The molecule has 0 spiro atoms. The molecule has 1 atom stereocenters. The van der Waals surface area contributed by atoms with Gasteiger partial charge in [-0.1, -0.05) is 6.07 Å². The van der Waals surface area contributed by atoms with Gasteiger partial charge in [0.25, 0.3) is 0 Å². The Balaban J connectivity index is 2.23. The van der Waals surface area contributed by atoms with Crippen LogP contribution in [0.5, 0.6) is 11.5 Å². The number of methoxy groups -OCH3 is 1. The molecule has 0 saturated heterocycles. The van der Waals surface area contributed by atoms with Crippen molar-refractivity contribution in [2.24, 2.45) is 0 Å². The van der Waals surface area contributed by atoms with Crippen molar-refractivity contribution < 1.29 is 19.4 Å². The van der Waals surface area contributed by atoms with E-state index in [0.717, 1.165) is 24.3 Å². The van der Waals surface area contributed by atoms with Crippen LogP contribution in [0.4, 0.5) is 0 Å². The molecule has 0 fully saturated rings. The van der Waals surface area contributed by atoms with Crippen molar-refractivity contribution in [1.82, 2.24) is 0 Å². The van der Waals surface area contributed by atoms with Gasteiger partial charge in [-0.2, -0.15) is 12.6 Å². The molecular formula is C13H18O4S. The van der Waals surface area contributed by atoms with Crippen LogP contribution in [-0.4, -0.2) is 30.0 Å². The molecule has 0 heterocycles. The highest BCUT2D eigenvalue weighted by Crippen LogP contribution is 2.19. The lowest BCUT2D eigenvalue weighted by atomic mass is 10.2. The second kappa shape index (κ2) is 7.87. The summed E-state index contributed by atoms with van der Waals surface area (Å²) < 4.78 is 10.6. The van der Waals surface area contributed by atoms with E-state index in [0.29, 0.717) is 6.61 Å². The number of hydrogen-bond donors (Lipinski definition) is 2. The topological polar surface area (TPSA) is 55.8 Å². The summed E-state index contributed by atoms with van der Waals surface area (Å²) >= 11 is 4.20. The van der Waals surface area contributed by atoms with Crippen molar-refractivity contribution in [3.63, 3.8) is 0 Å². The molecule has 0 radical (unpaired) electrons. The van der Waals surface area contributed by atoms with Crippen LogP contribution < -0.4 is 9.47 Å². The standard InChI is InChI=1S/C13H18O4S/c1-16-10-4-2-5-11(8-10)17-7-3-6-12(18)9-13(14)15/h2,4-5,8,12,18H,3,6-7,9H2,1H3,(H,14,15). The molecule has 0 saturated carbocycles. The molecule has 0 amide bonds. The van der Waals surface area contributed by atoms with E-state index in [4.69, 9.17) is 14.6 Å². The lowest BCUT2D eigenvalue weighted by molar-refractivity contribution is -0.137. The van der Waals surface area contributed by atoms with E-state index in [2.05, 4.69) is 12.6 Å². The largest absolute Gasteiger partial charge is 0.497 e. The van der Waals surface area contributed by atoms with Gasteiger partial charge in [-0.25, -0.2) is 0 Å². The Morgan fingerprint density at radius 1 is 1.44 bits per heavy atom. The summed E-state index contributed by atoms with van der Waals surface area (Å²) in [4.78, 5) is 10.4. The normalized spacial score (nSPS) is 11.9. The molecule has 18 heavy (non-hydrogen) atoms. The number of thiol groups is 1. The quantitative estimate of drug-likeness (QED) is 0.563. The van der Waals surface area contributed by atoms with E-state index in [1.807, 2.05) is 24.3 Å². The summed E-state index contributed by atoms with van der Waals surface area (Å²) in [5, 5.41) is 8.47. The summed E-state index contributed by atoms with van der Waals surface area (Å²) in [7, 11) is 1.61. The third kappa shape index (κ3) is 5.82. The fourth-order valence-corrected chi connectivity index (χ4v) is 1.84. The molecule has 1 N–H and O–H groups in total. The van der Waals surface area contributed by atoms with Crippen LogP contribution in [0.1, 0.15) is 19.3 Å². The fraction of sp³-hybridized carbons (Fsp3) is 0.462. The van der Waals surface area contributed by atoms with E-state index >= 15 is 0 Å². The van der Waals surface area contributed by atoms with E-state index in [9.17, 15) is 4.79 Å². The summed E-state index contributed by atoms with van der Waals surface area (Å²) in [6.07, 6.45) is 1.58. The predicted molar refractivity (Wildman–Crippen MR) is 72.7 cm³/mol. The van der Waals surface area contributed by atoms with E-state index < -0.39 is 5.97 Å². The zero-order valence-electron chi connectivity index (χ0n) is 10.3. The Kier molecular flexibility index (Phi) is 6.43. The molecule has 0 bridgehead atoms. The lowest BCUT2D eigenvalue weighted by Crippen LogP contribution is -2.09. The maximum atomic E-state index is 10.4. The van der Waals surface area contributed by atoms with Crippen molar-refractivity contribution >= 4 is 18.6 Å². The van der Waals surface area contributed by atoms with E-state index in [-0.39, 0.29) is 11.7 Å². The van der Waals surface area contributed by atoms with Gasteiger partial charge in [0, 0.05) is 11.3 Å². The SMILES string of the molecule is COc1cccc(OCCCC(S)CC(=O)O)c1. The maximum absolute atomic E-state index is 10.4. The Morgan fingerprint density at radius 2 is 2.17 bits per heavy atom. The molecule has 1 unspecified atom stereocenters. The van der Waals surface area contributed by atoms with Gasteiger partial charge in [0.05, 0.1) is 20.1 Å². The minimum absolute atomic E-state index is 0.0856. The summed E-state index contributed by atoms with van der Waals surface area (Å²) in [6.45, 7) is 0.545. The number of benzene rings is 1. The molecule has 0 aromatic heterocycles. The molecule has 0 aliphatic heterocycles. The van der Waals surface area contributed by atoms with Crippen molar-refractivity contribution in [1.29, 1.82) is 0 Å². The molecule has 1 aromatic carbocycles. The number of ether oxygens (including phenoxy) is 2. The van der Waals surface area contributed by atoms with Crippen molar-refractivity contribution in [3.05, 3.63) is 24.3 Å². The van der Waals surface area contributed by atoms with Crippen LogP contribution in [0.25, 0.3) is 0 Å². The van der Waals surface area contributed by atoms with E-state index in [1.54, 1.807) is 7.11 Å². The third-order valence-electron chi connectivity index (χ3n) is 2.40. The molecule has 0 aliphatic carbocycles. The van der Waals surface area contributed by atoms with Crippen LogP contribution >= 0.6 is 12.6 Å². The number of carboxylic acid groups (broad SMARTS) is 1. The Labute approximate surface area is 112 Å². The van der Waals surface area contributed by atoms with Crippen LogP contribution in [0.15, 0.2) is 24.3 Å². The minimum Gasteiger partial charge on any atom is -0.497 e. The number of hydrogen-bond acceptors (Lipinski definition) is 4. The molecule has 4 nitrogen and oxygen atoms in total. The van der Waals surface area contributed by atoms with Crippen molar-refractivity contribution in [3.8, 4) is 11.5 Å². The highest BCUT2D eigenvalue weighted by molar-refractivity contribution is 7.81. The smallest absolute Gasteiger partial charge is 0.304 e. The number of aliphatic carboxylic acids is 1. The third-order valence-corrected chi connectivity index (χ3v) is 2.84. The molecule has 1 aromatic rings. The maximum Gasteiger partial charge on any atom is 0.304 e. The second-order valence-electron chi connectivity index (χ2n) is 3.92. The summed E-state index contributed by atoms with van der Waals surface area (Å²) in [6, 6.07) is 7.39. The summed E-state index contributed by atoms with van der Waals surface area (Å²) in [5.41, 5.74) is 0. The van der Waals surface area contributed by atoms with Crippen LogP contribution in [0.2, 0.25) is 0 Å². The van der Waals surface area contributed by atoms with Gasteiger partial charge in [0.1, 0.15) is 11.5 Å². The number of carboxylic acids is 1. The molecule has 5 heteroatoms. The van der Waals surface area contributed by atoms with Gasteiger partial charge >= 0.3 is 5.97 Å². The molecule has 1 rings (SSSR count). The monoisotopic (exact) mass is 270 g/mol. The fourth-order valence-electron chi connectivity index (χ4n) is 1.50. The van der Waals surface area contributed by atoms with Gasteiger partial charge < -0.3 is 14.6 Å². The highest BCUT2D eigenvalue weighted by Gasteiger charge is 2.08. The molecule has 0 aliphatic rings. The molecule has 100 valence electrons. The van der Waals surface area contributed by atoms with Gasteiger partial charge in [0.2, 0.25) is 0 Å². The highest BCUT2D eigenvalue weighted by atomic mass is 32.1. The first-order valence-electron chi connectivity index (χ1n) is 5.78. The Bertz CT molecular complexity index is 381. The van der Waals surface area contributed by atoms with Crippen molar-refractivity contribution in [2.45, 2.75) is 24.5 Å². The minimum atomic E-state index is -0.816. The predicted octanol–water partition coefficient (Wildman–Crippen LogP) is 2.63. The summed E-state index contributed by atoms with van der Waals surface area (Å²) in [5.74, 6) is 0.692. The van der Waals surface area contributed by atoms with Gasteiger partial charge in [0.15, 0.2) is 0 Å². The van der Waals surface area contributed by atoms with Crippen LogP contribution in [-0.2, 0) is 4.79 Å². The van der Waals surface area contributed by atoms with Crippen LogP contribution in [0.3, 0.4) is 0 Å². The second-order valence-corrected chi connectivity index (χ2v) is 4.65. The Morgan fingerprint density at radius 3 is 2.83 bits per heavy atom. The Hall–Kier alpha value is -1.36. The van der Waals surface area contributed by atoms with Crippen LogP contribution in [0, 0.1) is 0 Å². The zero-order chi connectivity index (χ0) is 13.4. The van der Waals surface area contributed by atoms with E-state index in [1.165, 1.54) is 0 Å². The number of carbonyl (C=O) groups is 1. The van der Waals surface area contributed by atoms with Crippen molar-refractivity contribution in [2.75, 3.05) is 13.7 Å². The first kappa shape index (κ1) is 14.7. The van der Waals surface area contributed by atoms with Gasteiger partial charge in [-0.15, -0.1) is 0 Å². The average Bonchev–Trinajstić information content (AvgIpc) is 2.34. The zero-order valence-corrected chi connectivity index (χ0v) is 11.2. The average molecular weight is 270 g/mol. The first-order chi connectivity index (χ1) is 8.61.